The highest BCUT2D eigenvalue weighted by Gasteiger charge is 2.22. The molecule has 0 radical (unpaired) electrons. The molecule has 0 unspecified atom stereocenters. The Morgan fingerprint density at radius 1 is 1.29 bits per heavy atom. The van der Waals surface area contributed by atoms with Crippen LogP contribution in [0.25, 0.3) is 0 Å². The number of H-pyrrole nitrogens is 1. The molecule has 0 aliphatic heterocycles. The Morgan fingerprint density at radius 3 is 2.52 bits per heavy atom. The van der Waals surface area contributed by atoms with Crippen molar-refractivity contribution in [2.75, 3.05) is 19.6 Å². The average Bonchev–Trinajstić information content (AvgIpc) is 2.93. The van der Waals surface area contributed by atoms with Gasteiger partial charge in [-0.15, -0.1) is 5.10 Å². The molecule has 1 aromatic heterocycles. The molecule has 0 atom stereocenters. The minimum Gasteiger partial charge on any atom is -0.355 e. The number of nitrogens with zero attached hydrogens (tertiary/aromatic N) is 3. The summed E-state index contributed by atoms with van der Waals surface area (Å²) in [6.45, 7) is 9.04. The van der Waals surface area contributed by atoms with Crippen LogP contribution in [-0.4, -0.2) is 51.5 Å². The minimum atomic E-state index is -0.313. The number of carbonyl (C=O) groups is 2. The molecule has 0 saturated heterocycles. The zero-order chi connectivity index (χ0) is 15.8. The topological polar surface area (TPSA) is 91.0 Å². The summed E-state index contributed by atoms with van der Waals surface area (Å²) in [5.41, 5.74) is 0. The van der Waals surface area contributed by atoms with Gasteiger partial charge in [-0.05, 0) is 12.8 Å². The molecule has 1 heterocycles. The summed E-state index contributed by atoms with van der Waals surface area (Å²) in [6, 6.07) is 0. The first-order valence-electron chi connectivity index (χ1n) is 7.47. The van der Waals surface area contributed by atoms with E-state index in [0.29, 0.717) is 18.9 Å². The largest absolute Gasteiger partial charge is 0.355 e. The molecule has 0 bridgehead atoms. The Bertz CT molecular complexity index is 470. The molecule has 0 fully saturated rings. The molecule has 7 heteroatoms. The molecule has 7 nitrogen and oxygen atoms in total. The van der Waals surface area contributed by atoms with Gasteiger partial charge in [-0.2, -0.15) is 0 Å². The average molecular weight is 295 g/mol. The molecule has 0 aliphatic carbocycles. The Labute approximate surface area is 125 Å². The van der Waals surface area contributed by atoms with E-state index in [4.69, 9.17) is 0 Å². The molecular formula is C14H25N5O2. The highest BCUT2D eigenvalue weighted by atomic mass is 16.2. The maximum absolute atomic E-state index is 12.4. The number of rotatable bonds is 8. The van der Waals surface area contributed by atoms with Gasteiger partial charge in [-0.3, -0.25) is 14.7 Å². The van der Waals surface area contributed by atoms with Crippen LogP contribution in [0, 0.1) is 0 Å². The Hall–Kier alpha value is -1.92. The van der Waals surface area contributed by atoms with E-state index in [1.165, 1.54) is 4.90 Å². The van der Waals surface area contributed by atoms with E-state index in [2.05, 4.69) is 20.5 Å². The maximum atomic E-state index is 12.4. The number of aromatic nitrogens is 3. The summed E-state index contributed by atoms with van der Waals surface area (Å²) in [5.74, 6) is 0.497. The van der Waals surface area contributed by atoms with Crippen molar-refractivity contribution in [3.63, 3.8) is 0 Å². The Morgan fingerprint density at radius 2 is 2.00 bits per heavy atom. The van der Waals surface area contributed by atoms with Gasteiger partial charge in [0, 0.05) is 19.0 Å². The fourth-order valence-corrected chi connectivity index (χ4v) is 1.79. The van der Waals surface area contributed by atoms with Crippen LogP contribution in [0.3, 0.4) is 0 Å². The highest BCUT2D eigenvalue weighted by Crippen LogP contribution is 2.09. The van der Waals surface area contributed by atoms with Gasteiger partial charge in [0.15, 0.2) is 0 Å². The van der Waals surface area contributed by atoms with Crippen molar-refractivity contribution in [1.29, 1.82) is 0 Å². The lowest BCUT2D eigenvalue weighted by Gasteiger charge is -2.19. The van der Waals surface area contributed by atoms with Crippen LogP contribution in [0.1, 0.15) is 62.9 Å². The SMILES string of the molecule is CCCNC(=O)CN(CCC)C(=O)c1n[nH]c(C(C)C)n1. The van der Waals surface area contributed by atoms with Crippen LogP contribution in [-0.2, 0) is 4.79 Å². The molecule has 1 rings (SSSR count). The monoisotopic (exact) mass is 295 g/mol. The first-order valence-corrected chi connectivity index (χ1v) is 7.47. The molecule has 2 N–H and O–H groups in total. The molecule has 21 heavy (non-hydrogen) atoms. The normalized spacial score (nSPS) is 10.7. The molecule has 0 aliphatic rings. The van der Waals surface area contributed by atoms with Crippen molar-refractivity contribution in [3.05, 3.63) is 11.6 Å². The van der Waals surface area contributed by atoms with Gasteiger partial charge in [0.25, 0.3) is 5.91 Å². The number of aromatic amines is 1. The molecule has 0 spiro atoms. The van der Waals surface area contributed by atoms with Crippen molar-refractivity contribution in [2.24, 2.45) is 0 Å². The smallest absolute Gasteiger partial charge is 0.293 e. The van der Waals surface area contributed by atoms with Crippen molar-refractivity contribution >= 4 is 11.8 Å². The lowest BCUT2D eigenvalue weighted by molar-refractivity contribution is -0.121. The lowest BCUT2D eigenvalue weighted by Crippen LogP contribution is -2.41. The maximum Gasteiger partial charge on any atom is 0.293 e. The number of hydrogen-bond acceptors (Lipinski definition) is 4. The van der Waals surface area contributed by atoms with Gasteiger partial charge in [0.05, 0.1) is 6.54 Å². The summed E-state index contributed by atoms with van der Waals surface area (Å²) < 4.78 is 0. The van der Waals surface area contributed by atoms with Gasteiger partial charge in [-0.1, -0.05) is 27.7 Å². The van der Waals surface area contributed by atoms with Gasteiger partial charge in [0.2, 0.25) is 11.7 Å². The quantitative estimate of drug-likeness (QED) is 0.756. The summed E-state index contributed by atoms with van der Waals surface area (Å²) in [7, 11) is 0. The molecule has 0 saturated carbocycles. The molecule has 1 aromatic rings. The zero-order valence-corrected chi connectivity index (χ0v) is 13.3. The van der Waals surface area contributed by atoms with Gasteiger partial charge >= 0.3 is 0 Å². The van der Waals surface area contributed by atoms with E-state index in [-0.39, 0.29) is 30.1 Å². The van der Waals surface area contributed by atoms with E-state index in [1.807, 2.05) is 27.7 Å². The number of carbonyl (C=O) groups excluding carboxylic acids is 2. The molecule has 2 amide bonds. The zero-order valence-electron chi connectivity index (χ0n) is 13.3. The van der Waals surface area contributed by atoms with E-state index in [0.717, 1.165) is 12.8 Å². The van der Waals surface area contributed by atoms with Crippen LogP contribution in [0.5, 0.6) is 0 Å². The third kappa shape index (κ3) is 5.17. The number of amides is 2. The molecule has 0 aromatic carbocycles. The van der Waals surface area contributed by atoms with Crippen LogP contribution in [0.15, 0.2) is 0 Å². The van der Waals surface area contributed by atoms with Crippen LogP contribution < -0.4 is 5.32 Å². The van der Waals surface area contributed by atoms with Gasteiger partial charge < -0.3 is 10.2 Å². The van der Waals surface area contributed by atoms with E-state index in [1.54, 1.807) is 0 Å². The number of nitrogens with one attached hydrogen (secondary N) is 2. The van der Waals surface area contributed by atoms with E-state index < -0.39 is 0 Å². The summed E-state index contributed by atoms with van der Waals surface area (Å²) >= 11 is 0. The molecule has 118 valence electrons. The Kier molecular flexibility index (Phi) is 6.84. The van der Waals surface area contributed by atoms with Crippen LogP contribution in [0.4, 0.5) is 0 Å². The summed E-state index contributed by atoms with van der Waals surface area (Å²) in [4.78, 5) is 29.8. The second-order valence-electron chi connectivity index (χ2n) is 5.28. The second kappa shape index (κ2) is 8.39. The lowest BCUT2D eigenvalue weighted by atomic mass is 10.2. The standard InChI is InChI=1S/C14H25N5O2/c1-5-7-15-11(20)9-19(8-6-2)14(21)13-16-12(10(3)4)17-18-13/h10H,5-9H2,1-4H3,(H,15,20)(H,16,17,18). The van der Waals surface area contributed by atoms with Crippen molar-refractivity contribution in [3.8, 4) is 0 Å². The van der Waals surface area contributed by atoms with E-state index >= 15 is 0 Å². The van der Waals surface area contributed by atoms with Crippen LogP contribution >= 0.6 is 0 Å². The first-order chi connectivity index (χ1) is 9.99. The minimum absolute atomic E-state index is 0.0399. The summed E-state index contributed by atoms with van der Waals surface area (Å²) in [6.07, 6.45) is 1.64. The fourth-order valence-electron chi connectivity index (χ4n) is 1.79. The van der Waals surface area contributed by atoms with Gasteiger partial charge in [-0.25, -0.2) is 4.98 Å². The highest BCUT2D eigenvalue weighted by molar-refractivity contribution is 5.93. The van der Waals surface area contributed by atoms with Crippen molar-refractivity contribution in [2.45, 2.75) is 46.5 Å². The fraction of sp³-hybridized carbons (Fsp3) is 0.714. The third-order valence-corrected chi connectivity index (χ3v) is 2.93. The van der Waals surface area contributed by atoms with E-state index in [9.17, 15) is 9.59 Å². The number of hydrogen-bond donors (Lipinski definition) is 2. The van der Waals surface area contributed by atoms with Crippen LogP contribution in [0.2, 0.25) is 0 Å². The van der Waals surface area contributed by atoms with Crippen molar-refractivity contribution in [1.82, 2.24) is 25.4 Å². The van der Waals surface area contributed by atoms with Gasteiger partial charge in [0.1, 0.15) is 5.82 Å². The van der Waals surface area contributed by atoms with Crippen molar-refractivity contribution < 1.29 is 9.59 Å². The summed E-state index contributed by atoms with van der Waals surface area (Å²) in [5, 5.41) is 9.48. The third-order valence-electron chi connectivity index (χ3n) is 2.93. The predicted octanol–water partition coefficient (Wildman–Crippen LogP) is 1.31. The first kappa shape index (κ1) is 17.1. The second-order valence-corrected chi connectivity index (χ2v) is 5.28. The predicted molar refractivity (Wildman–Crippen MR) is 80.0 cm³/mol. The molecular weight excluding hydrogens is 270 g/mol. The Balaban J connectivity index is 2.73.